The van der Waals surface area contributed by atoms with Crippen LogP contribution < -0.4 is 5.69 Å². The second-order valence-corrected chi connectivity index (χ2v) is 6.51. The number of thioether (sulfide) groups is 1. The van der Waals surface area contributed by atoms with Gasteiger partial charge in [0.05, 0.1) is 5.75 Å². The summed E-state index contributed by atoms with van der Waals surface area (Å²) in [5, 5.41) is 15.5. The predicted octanol–water partition coefficient (Wildman–Crippen LogP) is 1.96. The number of hydrogen-bond acceptors (Lipinski definition) is 4. The Morgan fingerprint density at radius 3 is 3.05 bits per heavy atom. The average molecular weight is 299 g/mol. The number of carbonyl (C=O) groups is 1. The maximum Gasteiger partial charge on any atom is 0.343 e. The zero-order valence-electron chi connectivity index (χ0n) is 11.7. The van der Waals surface area contributed by atoms with Crippen molar-refractivity contribution >= 4 is 17.7 Å². The predicted molar refractivity (Wildman–Crippen MR) is 76.9 cm³/mol. The number of rotatable bonds is 6. The number of nitrogens with one attached hydrogen (secondary N) is 1. The normalized spacial score (nSPS) is 22.9. The number of aliphatic carboxylic acids is 1. The van der Waals surface area contributed by atoms with Crippen molar-refractivity contribution in [3.8, 4) is 0 Å². The first-order chi connectivity index (χ1) is 9.56. The molecule has 0 bridgehead atoms. The number of carboxylic acids is 1. The van der Waals surface area contributed by atoms with Crippen molar-refractivity contribution in [3.05, 3.63) is 10.5 Å². The molecule has 1 heterocycles. The molecule has 6 nitrogen and oxygen atoms in total. The topological polar surface area (TPSA) is 88.0 Å². The number of carboxylic acid groups (broad SMARTS) is 1. The second-order valence-electron chi connectivity index (χ2n) is 5.57. The molecule has 1 aliphatic rings. The Kier molecular flexibility index (Phi) is 5.28. The van der Waals surface area contributed by atoms with Crippen molar-refractivity contribution < 1.29 is 9.90 Å². The molecule has 1 saturated carbocycles. The Morgan fingerprint density at radius 1 is 1.55 bits per heavy atom. The van der Waals surface area contributed by atoms with Gasteiger partial charge in [0.15, 0.2) is 5.16 Å². The van der Waals surface area contributed by atoms with Crippen molar-refractivity contribution in [3.63, 3.8) is 0 Å². The van der Waals surface area contributed by atoms with Crippen LogP contribution in [0, 0.1) is 11.8 Å². The van der Waals surface area contributed by atoms with Crippen LogP contribution in [-0.4, -0.2) is 31.6 Å². The van der Waals surface area contributed by atoms with Gasteiger partial charge in [0, 0.05) is 6.54 Å². The number of aromatic nitrogens is 3. The van der Waals surface area contributed by atoms with E-state index in [-0.39, 0.29) is 11.4 Å². The molecular formula is C13H21N3O3S. The Hall–Kier alpha value is -1.24. The first-order valence-corrected chi connectivity index (χ1v) is 8.04. The summed E-state index contributed by atoms with van der Waals surface area (Å²) in [5.74, 6) is 0.455. The van der Waals surface area contributed by atoms with E-state index in [2.05, 4.69) is 17.1 Å². The highest BCUT2D eigenvalue weighted by molar-refractivity contribution is 7.99. The fraction of sp³-hybridized carbons (Fsp3) is 0.769. The lowest BCUT2D eigenvalue weighted by atomic mass is 9.81. The first kappa shape index (κ1) is 15.2. The SMILES string of the molecule is CC1CCCC(CCn2c(SCC(=O)O)n[nH]c2=O)C1. The third-order valence-corrected chi connectivity index (χ3v) is 4.82. The first-order valence-electron chi connectivity index (χ1n) is 7.06. The summed E-state index contributed by atoms with van der Waals surface area (Å²) < 4.78 is 1.56. The third kappa shape index (κ3) is 4.13. The Bertz CT molecular complexity index is 511. The standard InChI is InChI=1S/C13H21N3O3S/c1-9-3-2-4-10(7-9)5-6-16-12(19)14-15-13(16)20-8-11(17)18/h9-10H,2-8H2,1H3,(H,14,19)(H,17,18). The van der Waals surface area contributed by atoms with Crippen LogP contribution in [0.25, 0.3) is 0 Å². The van der Waals surface area contributed by atoms with E-state index in [1.807, 2.05) is 0 Å². The van der Waals surface area contributed by atoms with Gasteiger partial charge in [0.2, 0.25) is 0 Å². The minimum Gasteiger partial charge on any atom is -0.481 e. The van der Waals surface area contributed by atoms with E-state index in [0.717, 1.165) is 24.1 Å². The number of aromatic amines is 1. The molecule has 1 aromatic heterocycles. The van der Waals surface area contributed by atoms with Crippen LogP contribution >= 0.6 is 11.8 Å². The lowest BCUT2D eigenvalue weighted by Crippen LogP contribution is -2.21. The van der Waals surface area contributed by atoms with Crippen LogP contribution in [0.1, 0.15) is 39.0 Å². The van der Waals surface area contributed by atoms with Gasteiger partial charge in [0.25, 0.3) is 0 Å². The molecule has 2 N–H and O–H groups in total. The summed E-state index contributed by atoms with van der Waals surface area (Å²) in [6, 6.07) is 0. The molecule has 0 amide bonds. The zero-order valence-corrected chi connectivity index (χ0v) is 12.5. The van der Waals surface area contributed by atoms with Gasteiger partial charge >= 0.3 is 11.7 Å². The lowest BCUT2D eigenvalue weighted by Gasteiger charge is -2.26. The van der Waals surface area contributed by atoms with E-state index in [9.17, 15) is 9.59 Å². The fourth-order valence-corrected chi connectivity index (χ4v) is 3.56. The van der Waals surface area contributed by atoms with Crippen molar-refractivity contribution in [1.82, 2.24) is 14.8 Å². The molecule has 20 heavy (non-hydrogen) atoms. The van der Waals surface area contributed by atoms with Crippen LogP contribution in [-0.2, 0) is 11.3 Å². The molecule has 2 rings (SSSR count). The minimum atomic E-state index is -0.905. The smallest absolute Gasteiger partial charge is 0.343 e. The van der Waals surface area contributed by atoms with Crippen molar-refractivity contribution in [2.75, 3.05) is 5.75 Å². The fourth-order valence-electron chi connectivity index (χ4n) is 2.87. The van der Waals surface area contributed by atoms with Crippen LogP contribution in [0.4, 0.5) is 0 Å². The van der Waals surface area contributed by atoms with Crippen molar-refractivity contribution in [2.24, 2.45) is 11.8 Å². The van der Waals surface area contributed by atoms with Crippen LogP contribution in [0.15, 0.2) is 9.95 Å². The number of H-pyrrole nitrogens is 1. The van der Waals surface area contributed by atoms with Crippen molar-refractivity contribution in [2.45, 2.75) is 50.7 Å². The van der Waals surface area contributed by atoms with E-state index < -0.39 is 5.97 Å². The molecule has 7 heteroatoms. The quantitative estimate of drug-likeness (QED) is 0.784. The van der Waals surface area contributed by atoms with E-state index in [1.54, 1.807) is 4.57 Å². The highest BCUT2D eigenvalue weighted by atomic mass is 32.2. The maximum absolute atomic E-state index is 11.7. The van der Waals surface area contributed by atoms with E-state index in [1.165, 1.54) is 25.7 Å². The largest absolute Gasteiger partial charge is 0.481 e. The molecule has 112 valence electrons. The van der Waals surface area contributed by atoms with Crippen molar-refractivity contribution in [1.29, 1.82) is 0 Å². The molecule has 0 aromatic carbocycles. The van der Waals surface area contributed by atoms with Gasteiger partial charge in [-0.15, -0.1) is 5.10 Å². The summed E-state index contributed by atoms with van der Waals surface area (Å²) in [7, 11) is 0. The van der Waals surface area contributed by atoms with Gasteiger partial charge in [-0.3, -0.25) is 9.36 Å². The molecule has 2 atom stereocenters. The Balaban J connectivity index is 1.93. The molecular weight excluding hydrogens is 278 g/mol. The van der Waals surface area contributed by atoms with Crippen LogP contribution in [0.2, 0.25) is 0 Å². The summed E-state index contributed by atoms with van der Waals surface area (Å²) in [5.41, 5.74) is -0.248. The van der Waals surface area contributed by atoms with E-state index >= 15 is 0 Å². The maximum atomic E-state index is 11.7. The zero-order chi connectivity index (χ0) is 14.5. The molecule has 0 aliphatic heterocycles. The second kappa shape index (κ2) is 6.97. The number of nitrogens with zero attached hydrogens (tertiary/aromatic N) is 2. The Morgan fingerprint density at radius 2 is 2.35 bits per heavy atom. The summed E-state index contributed by atoms with van der Waals surface area (Å²) in [6.45, 7) is 2.90. The van der Waals surface area contributed by atoms with Gasteiger partial charge < -0.3 is 5.11 Å². The highest BCUT2D eigenvalue weighted by Crippen LogP contribution is 2.31. The number of hydrogen-bond donors (Lipinski definition) is 2. The lowest BCUT2D eigenvalue weighted by molar-refractivity contribution is -0.133. The molecule has 0 spiro atoms. The summed E-state index contributed by atoms with van der Waals surface area (Å²) in [6.07, 6.45) is 6.00. The summed E-state index contributed by atoms with van der Waals surface area (Å²) in [4.78, 5) is 22.3. The van der Waals surface area contributed by atoms with Crippen LogP contribution in [0.3, 0.4) is 0 Å². The van der Waals surface area contributed by atoms with Gasteiger partial charge in [-0.1, -0.05) is 37.9 Å². The molecule has 0 radical (unpaired) electrons. The average Bonchev–Trinajstić information content (AvgIpc) is 2.75. The molecule has 2 unspecified atom stereocenters. The molecule has 1 fully saturated rings. The van der Waals surface area contributed by atoms with Gasteiger partial charge in [-0.2, -0.15) is 0 Å². The van der Waals surface area contributed by atoms with E-state index in [0.29, 0.717) is 17.6 Å². The van der Waals surface area contributed by atoms with E-state index in [4.69, 9.17) is 5.11 Å². The van der Waals surface area contributed by atoms with Gasteiger partial charge in [-0.05, 0) is 24.7 Å². The third-order valence-electron chi connectivity index (χ3n) is 3.85. The van der Waals surface area contributed by atoms with Gasteiger partial charge in [-0.25, -0.2) is 9.89 Å². The molecule has 1 aliphatic carbocycles. The summed E-state index contributed by atoms with van der Waals surface area (Å²) >= 11 is 1.08. The molecule has 0 saturated heterocycles. The Labute approximate surface area is 122 Å². The minimum absolute atomic E-state index is 0.0786. The monoisotopic (exact) mass is 299 g/mol. The van der Waals surface area contributed by atoms with Crippen LogP contribution in [0.5, 0.6) is 0 Å². The highest BCUT2D eigenvalue weighted by Gasteiger charge is 2.20. The van der Waals surface area contributed by atoms with Gasteiger partial charge in [0.1, 0.15) is 0 Å². The molecule has 1 aromatic rings.